The van der Waals surface area contributed by atoms with Crippen LogP contribution < -0.4 is 5.84 Å². The van der Waals surface area contributed by atoms with E-state index in [0.717, 1.165) is 22.7 Å². The van der Waals surface area contributed by atoms with Gasteiger partial charge in [-0.15, -0.1) is 0 Å². The first-order chi connectivity index (χ1) is 11.8. The Morgan fingerprint density at radius 2 is 2.00 bits per heavy atom. The van der Waals surface area contributed by atoms with E-state index in [1.165, 1.54) is 23.2 Å². The predicted octanol–water partition coefficient (Wildman–Crippen LogP) is 3.34. The number of allylic oxidation sites excluding steroid dienone is 3. The van der Waals surface area contributed by atoms with Crippen molar-refractivity contribution in [2.24, 2.45) is 5.84 Å². The Bertz CT molecular complexity index is 703. The average molecular weight is 349 g/mol. The van der Waals surface area contributed by atoms with Gasteiger partial charge in [0.05, 0.1) is 12.3 Å². The van der Waals surface area contributed by atoms with Crippen molar-refractivity contribution in [1.82, 2.24) is 9.91 Å². The molecule has 0 aliphatic carbocycles. The molecule has 0 amide bonds. The Labute approximate surface area is 147 Å². The van der Waals surface area contributed by atoms with Gasteiger partial charge in [0, 0.05) is 32.3 Å². The largest absolute Gasteiger partial charge is 0.479 e. The van der Waals surface area contributed by atoms with Crippen LogP contribution in [0.4, 0.5) is 8.78 Å². The highest BCUT2D eigenvalue weighted by Crippen LogP contribution is 2.26. The molecule has 2 N–H and O–H groups in total. The Kier molecular flexibility index (Phi) is 6.20. The van der Waals surface area contributed by atoms with Gasteiger partial charge in [-0.05, 0) is 43.5 Å². The molecular weight excluding hydrogens is 324 g/mol. The molecule has 0 unspecified atom stereocenters. The van der Waals surface area contributed by atoms with E-state index < -0.39 is 11.6 Å². The highest BCUT2D eigenvalue weighted by molar-refractivity contribution is 5.43. The monoisotopic (exact) mass is 349 g/mol. The zero-order chi connectivity index (χ0) is 18.6. The first-order valence-electron chi connectivity index (χ1n) is 8.22. The Morgan fingerprint density at radius 1 is 1.36 bits per heavy atom. The number of likely N-dealkylation sites (N-methyl/N-ethyl adjacent to an activating group) is 2. The summed E-state index contributed by atoms with van der Waals surface area (Å²) in [5, 5.41) is 1.48. The molecule has 25 heavy (non-hydrogen) atoms. The average Bonchev–Trinajstić information content (AvgIpc) is 2.54. The molecule has 4 nitrogen and oxygen atoms in total. The van der Waals surface area contributed by atoms with Crippen LogP contribution in [0.25, 0.3) is 0 Å². The minimum Gasteiger partial charge on any atom is -0.479 e. The van der Waals surface area contributed by atoms with Crippen LogP contribution in [0.15, 0.2) is 53.1 Å². The van der Waals surface area contributed by atoms with E-state index in [1.807, 2.05) is 31.9 Å². The second-order valence-corrected chi connectivity index (χ2v) is 6.04. The van der Waals surface area contributed by atoms with Crippen molar-refractivity contribution in [3.8, 4) is 0 Å². The predicted molar refractivity (Wildman–Crippen MR) is 95.1 cm³/mol. The molecule has 0 atom stereocenters. The van der Waals surface area contributed by atoms with Gasteiger partial charge < -0.3 is 14.6 Å². The molecule has 1 aliphatic heterocycles. The van der Waals surface area contributed by atoms with Gasteiger partial charge in [0.1, 0.15) is 11.6 Å². The number of hydrogen-bond donors (Lipinski definition) is 1. The summed E-state index contributed by atoms with van der Waals surface area (Å²) in [6.45, 7) is 5.10. The lowest BCUT2D eigenvalue weighted by Crippen LogP contribution is -2.33. The van der Waals surface area contributed by atoms with E-state index in [0.29, 0.717) is 13.2 Å². The number of hydrogen-bond acceptors (Lipinski definition) is 4. The van der Waals surface area contributed by atoms with Crippen LogP contribution in [0.5, 0.6) is 0 Å². The van der Waals surface area contributed by atoms with Gasteiger partial charge in [0.2, 0.25) is 0 Å². The summed E-state index contributed by atoms with van der Waals surface area (Å²) in [4.78, 5) is 1.98. The first-order valence-corrected chi connectivity index (χ1v) is 8.22. The molecule has 6 heteroatoms. The van der Waals surface area contributed by atoms with E-state index in [9.17, 15) is 8.78 Å². The highest BCUT2D eigenvalue weighted by atomic mass is 19.1. The van der Waals surface area contributed by atoms with Crippen molar-refractivity contribution < 1.29 is 13.5 Å². The van der Waals surface area contributed by atoms with Gasteiger partial charge in [0.25, 0.3) is 0 Å². The molecule has 0 fully saturated rings. The molecular formula is C19H25F2N3O. The van der Waals surface area contributed by atoms with Gasteiger partial charge in [-0.3, -0.25) is 0 Å². The van der Waals surface area contributed by atoms with E-state index in [1.54, 1.807) is 13.1 Å². The van der Waals surface area contributed by atoms with Gasteiger partial charge in [-0.25, -0.2) is 14.6 Å². The van der Waals surface area contributed by atoms with Crippen LogP contribution in [-0.4, -0.2) is 37.2 Å². The van der Waals surface area contributed by atoms with E-state index in [-0.39, 0.29) is 12.0 Å². The number of nitrogens with zero attached hydrogens (tertiary/aromatic N) is 2. The number of nitrogens with two attached hydrogens (primary N) is 1. The third-order valence-electron chi connectivity index (χ3n) is 4.13. The van der Waals surface area contributed by atoms with Crippen molar-refractivity contribution in [3.05, 3.63) is 70.3 Å². The summed E-state index contributed by atoms with van der Waals surface area (Å²) >= 11 is 0. The number of rotatable bonds is 6. The van der Waals surface area contributed by atoms with Crippen LogP contribution >= 0.6 is 0 Å². The molecule has 1 heterocycles. The van der Waals surface area contributed by atoms with E-state index in [4.69, 9.17) is 10.6 Å². The first kappa shape index (κ1) is 19.0. The smallest absolute Gasteiger partial charge is 0.189 e. The molecule has 0 bridgehead atoms. The lowest BCUT2D eigenvalue weighted by atomic mass is 10.00. The molecule has 0 saturated carbocycles. The summed E-state index contributed by atoms with van der Waals surface area (Å²) in [5.74, 6) is 5.67. The fourth-order valence-corrected chi connectivity index (χ4v) is 2.81. The van der Waals surface area contributed by atoms with Crippen molar-refractivity contribution >= 4 is 0 Å². The molecule has 1 aromatic carbocycles. The fraction of sp³-hybridized carbons (Fsp3) is 0.368. The number of hydrazine groups is 1. The number of ether oxygens (including phenoxy) is 1. The van der Waals surface area contributed by atoms with Crippen molar-refractivity contribution in [2.45, 2.75) is 20.3 Å². The summed E-state index contributed by atoms with van der Waals surface area (Å²) in [6.07, 6.45) is 3.83. The van der Waals surface area contributed by atoms with Gasteiger partial charge in [-0.1, -0.05) is 12.1 Å². The fourth-order valence-electron chi connectivity index (χ4n) is 2.81. The molecule has 0 saturated heterocycles. The van der Waals surface area contributed by atoms with Gasteiger partial charge in [-0.2, -0.15) is 0 Å². The second kappa shape index (κ2) is 8.16. The Balaban J connectivity index is 2.36. The lowest BCUT2D eigenvalue weighted by molar-refractivity contribution is 0.139. The third kappa shape index (κ3) is 4.39. The minimum atomic E-state index is -0.555. The van der Waals surface area contributed by atoms with Crippen LogP contribution in [0.3, 0.4) is 0 Å². The van der Waals surface area contributed by atoms with E-state index in [2.05, 4.69) is 0 Å². The van der Waals surface area contributed by atoms with Crippen molar-refractivity contribution in [3.63, 3.8) is 0 Å². The highest BCUT2D eigenvalue weighted by Gasteiger charge is 2.20. The number of benzene rings is 1. The normalized spacial score (nSPS) is 15.4. The van der Waals surface area contributed by atoms with Crippen LogP contribution in [-0.2, 0) is 11.2 Å². The molecule has 0 aromatic heterocycles. The topological polar surface area (TPSA) is 41.7 Å². The Hall–Kier alpha value is -2.34. The molecule has 1 aliphatic rings. The van der Waals surface area contributed by atoms with Crippen molar-refractivity contribution in [1.29, 1.82) is 0 Å². The van der Waals surface area contributed by atoms with Gasteiger partial charge in [0.15, 0.2) is 5.88 Å². The van der Waals surface area contributed by atoms with E-state index >= 15 is 0 Å². The molecule has 0 spiro atoms. The molecule has 2 rings (SSSR count). The Morgan fingerprint density at radius 3 is 2.56 bits per heavy atom. The zero-order valence-corrected chi connectivity index (χ0v) is 15.1. The number of halogens is 2. The second-order valence-electron chi connectivity index (χ2n) is 6.04. The molecule has 1 aromatic rings. The molecule has 136 valence electrons. The quantitative estimate of drug-likeness (QED) is 0.632. The maximum Gasteiger partial charge on any atom is 0.189 e. The third-order valence-corrected chi connectivity index (χ3v) is 4.13. The minimum absolute atomic E-state index is 0.0369. The lowest BCUT2D eigenvalue weighted by Gasteiger charge is -2.31. The summed E-state index contributed by atoms with van der Waals surface area (Å²) in [5.41, 5.74) is 2.78. The summed E-state index contributed by atoms with van der Waals surface area (Å²) < 4.78 is 33.3. The SMILES string of the molecule is CCOC1=CC(C)=C(/C(=C/Cc2c(F)cccc2F)N(C)N)CN1C. The van der Waals surface area contributed by atoms with Gasteiger partial charge >= 0.3 is 0 Å². The zero-order valence-electron chi connectivity index (χ0n) is 15.1. The standard InChI is InChI=1S/C19H25F2N3O/c1-5-25-19-11-13(2)15(12-23(19)3)18(24(4)22)10-9-14-16(20)7-6-8-17(14)21/h6-8,10-11H,5,9,12,22H2,1-4H3/b18-10-. The van der Waals surface area contributed by atoms with Crippen LogP contribution in [0.2, 0.25) is 0 Å². The molecule has 0 radical (unpaired) electrons. The van der Waals surface area contributed by atoms with Crippen LogP contribution in [0.1, 0.15) is 19.4 Å². The summed E-state index contributed by atoms with van der Waals surface area (Å²) in [7, 11) is 3.64. The van der Waals surface area contributed by atoms with Crippen molar-refractivity contribution in [2.75, 3.05) is 27.2 Å². The maximum atomic E-state index is 13.9. The van der Waals surface area contributed by atoms with Crippen LogP contribution in [0, 0.1) is 11.6 Å². The maximum absolute atomic E-state index is 13.9. The summed E-state index contributed by atoms with van der Waals surface area (Å²) in [6, 6.07) is 3.87.